The van der Waals surface area contributed by atoms with Crippen molar-refractivity contribution in [1.29, 1.82) is 0 Å². The van der Waals surface area contributed by atoms with Gasteiger partial charge in [-0.2, -0.15) is 0 Å². The van der Waals surface area contributed by atoms with Crippen molar-refractivity contribution in [2.24, 2.45) is 5.41 Å². The first-order valence-electron chi connectivity index (χ1n) is 10.1. The van der Waals surface area contributed by atoms with Crippen molar-refractivity contribution < 1.29 is 23.5 Å². The van der Waals surface area contributed by atoms with E-state index in [1.807, 2.05) is 32.3 Å². The summed E-state index contributed by atoms with van der Waals surface area (Å²) >= 11 is 0. The third-order valence-corrected chi connectivity index (χ3v) is 6.20. The third kappa shape index (κ3) is 3.16. The van der Waals surface area contributed by atoms with Crippen molar-refractivity contribution in [3.63, 3.8) is 0 Å². The zero-order chi connectivity index (χ0) is 21.6. The van der Waals surface area contributed by atoms with Crippen LogP contribution in [-0.4, -0.2) is 39.6 Å². The molecular formula is C21H30BFN2O4. The molecule has 2 aromatic rings. The highest BCUT2D eigenvalue weighted by molar-refractivity contribution is 6.63. The minimum absolute atomic E-state index is 0.190. The molecule has 1 fully saturated rings. The van der Waals surface area contributed by atoms with Gasteiger partial charge in [0, 0.05) is 17.4 Å². The normalized spacial score (nSPS) is 22.6. The summed E-state index contributed by atoms with van der Waals surface area (Å²) in [4.78, 5) is 4.46. The van der Waals surface area contributed by atoms with Crippen molar-refractivity contribution in [2.45, 2.75) is 78.7 Å². The molecule has 0 atom stereocenters. The molecule has 0 radical (unpaired) electrons. The van der Waals surface area contributed by atoms with Crippen LogP contribution in [0.5, 0.6) is 5.75 Å². The molecule has 1 N–H and O–H groups in total. The number of nitrogens with zero attached hydrogens (tertiary/aromatic N) is 2. The van der Waals surface area contributed by atoms with Gasteiger partial charge in [0.1, 0.15) is 28.2 Å². The average molecular weight is 404 g/mol. The molecular weight excluding hydrogens is 374 g/mol. The van der Waals surface area contributed by atoms with Crippen LogP contribution in [0.25, 0.3) is 11.0 Å². The first-order valence-corrected chi connectivity index (χ1v) is 10.1. The van der Waals surface area contributed by atoms with E-state index in [4.69, 9.17) is 14.0 Å². The van der Waals surface area contributed by atoms with Crippen LogP contribution in [-0.2, 0) is 21.5 Å². The Labute approximate surface area is 171 Å². The van der Waals surface area contributed by atoms with Crippen molar-refractivity contribution in [2.75, 3.05) is 6.61 Å². The average Bonchev–Trinajstić information content (AvgIpc) is 2.96. The number of hydrogen-bond donors (Lipinski definition) is 1. The molecule has 1 aromatic heterocycles. The molecule has 0 bridgehead atoms. The minimum atomic E-state index is -1.23. The summed E-state index contributed by atoms with van der Waals surface area (Å²) in [6.07, 6.45) is 0. The fourth-order valence-corrected chi connectivity index (χ4v) is 3.92. The van der Waals surface area contributed by atoms with Gasteiger partial charge in [-0.1, -0.05) is 13.8 Å². The lowest BCUT2D eigenvalue weighted by atomic mass is 9.78. The van der Waals surface area contributed by atoms with E-state index < -0.39 is 29.7 Å². The van der Waals surface area contributed by atoms with Crippen LogP contribution in [0.1, 0.15) is 61.2 Å². The van der Waals surface area contributed by atoms with Crippen LogP contribution in [0.2, 0.25) is 0 Å². The van der Waals surface area contributed by atoms with Gasteiger partial charge in [-0.25, -0.2) is 9.37 Å². The topological polar surface area (TPSA) is 65.7 Å². The number of aliphatic hydroxyl groups is 1. The van der Waals surface area contributed by atoms with Crippen LogP contribution in [0.15, 0.2) is 6.07 Å². The van der Waals surface area contributed by atoms with E-state index in [-0.39, 0.29) is 10.9 Å². The summed E-state index contributed by atoms with van der Waals surface area (Å²) in [5, 5.41) is 10.7. The largest absolute Gasteiger partial charge is 0.498 e. The highest BCUT2D eigenvalue weighted by Crippen LogP contribution is 2.41. The Morgan fingerprint density at radius 2 is 1.72 bits per heavy atom. The number of imidazole rings is 1. The fraction of sp³-hybridized carbons (Fsp3) is 0.667. The molecule has 1 saturated heterocycles. The summed E-state index contributed by atoms with van der Waals surface area (Å²) < 4.78 is 35.7. The number of hydrogen-bond acceptors (Lipinski definition) is 5. The van der Waals surface area contributed by atoms with Gasteiger partial charge >= 0.3 is 7.12 Å². The van der Waals surface area contributed by atoms with E-state index in [0.717, 1.165) is 0 Å². The molecule has 0 unspecified atom stereocenters. The van der Waals surface area contributed by atoms with Crippen LogP contribution in [0.4, 0.5) is 4.39 Å². The van der Waals surface area contributed by atoms with Crippen molar-refractivity contribution in [3.8, 4) is 5.75 Å². The second kappa shape index (κ2) is 5.96. The smallest absolute Gasteiger partial charge is 0.491 e. The van der Waals surface area contributed by atoms with E-state index >= 15 is 4.39 Å². The first-order chi connectivity index (χ1) is 13.1. The molecule has 4 rings (SSSR count). The number of ether oxygens (including phenoxy) is 1. The van der Waals surface area contributed by atoms with E-state index in [1.54, 1.807) is 13.8 Å². The first kappa shape index (κ1) is 20.6. The second-order valence-corrected chi connectivity index (χ2v) is 10.6. The van der Waals surface area contributed by atoms with E-state index in [9.17, 15) is 5.11 Å². The summed E-state index contributed by atoms with van der Waals surface area (Å²) in [5.74, 6) is 0.437. The second-order valence-electron chi connectivity index (χ2n) is 10.6. The maximum atomic E-state index is 15.2. The Kier molecular flexibility index (Phi) is 4.24. The highest BCUT2D eigenvalue weighted by atomic mass is 19.1. The summed E-state index contributed by atoms with van der Waals surface area (Å²) in [6.45, 7) is 16.3. The molecule has 8 heteroatoms. The minimum Gasteiger partial charge on any atom is -0.491 e. The Morgan fingerprint density at radius 1 is 1.14 bits per heavy atom. The lowest BCUT2D eigenvalue weighted by Gasteiger charge is -2.32. The fourth-order valence-electron chi connectivity index (χ4n) is 3.92. The number of halogens is 1. The van der Waals surface area contributed by atoms with Crippen molar-refractivity contribution in [3.05, 3.63) is 17.7 Å². The quantitative estimate of drug-likeness (QED) is 0.780. The summed E-state index contributed by atoms with van der Waals surface area (Å²) in [5.41, 5.74) is -1.34. The van der Waals surface area contributed by atoms with Crippen LogP contribution >= 0.6 is 0 Å². The van der Waals surface area contributed by atoms with E-state index in [2.05, 4.69) is 18.8 Å². The molecule has 29 heavy (non-hydrogen) atoms. The molecule has 1 aromatic carbocycles. The van der Waals surface area contributed by atoms with Gasteiger partial charge in [-0.15, -0.1) is 0 Å². The molecule has 6 nitrogen and oxygen atoms in total. The van der Waals surface area contributed by atoms with E-state index in [1.165, 1.54) is 6.07 Å². The van der Waals surface area contributed by atoms with E-state index in [0.29, 0.717) is 35.7 Å². The molecule has 3 heterocycles. The van der Waals surface area contributed by atoms with Gasteiger partial charge in [0.2, 0.25) is 0 Å². The van der Waals surface area contributed by atoms with Crippen molar-refractivity contribution >= 4 is 23.6 Å². The predicted molar refractivity (Wildman–Crippen MR) is 110 cm³/mol. The Morgan fingerprint density at radius 3 is 2.28 bits per heavy atom. The van der Waals surface area contributed by atoms with Gasteiger partial charge in [0.25, 0.3) is 0 Å². The lowest BCUT2D eigenvalue weighted by molar-refractivity contribution is 0.00578. The molecule has 2 aliphatic heterocycles. The van der Waals surface area contributed by atoms with Crippen molar-refractivity contribution in [1.82, 2.24) is 9.55 Å². The van der Waals surface area contributed by atoms with Crippen LogP contribution in [0.3, 0.4) is 0 Å². The Bertz CT molecular complexity index is 975. The summed E-state index contributed by atoms with van der Waals surface area (Å²) in [6, 6.07) is 1.39. The number of benzene rings is 1. The Balaban J connectivity index is 1.98. The monoisotopic (exact) mass is 404 g/mol. The zero-order valence-electron chi connectivity index (χ0n) is 18.5. The van der Waals surface area contributed by atoms with Gasteiger partial charge in [-0.3, -0.25) is 0 Å². The third-order valence-electron chi connectivity index (χ3n) is 6.20. The lowest BCUT2D eigenvalue weighted by Crippen LogP contribution is -2.41. The van der Waals surface area contributed by atoms with Gasteiger partial charge in [-0.05, 0) is 47.6 Å². The molecule has 158 valence electrons. The molecule has 0 amide bonds. The molecule has 0 spiro atoms. The van der Waals surface area contributed by atoms with Gasteiger partial charge in [0.05, 0.1) is 17.8 Å². The standard InChI is InChI=1S/C21H30BFN2O4/c1-18(2)10-25-15-14(24-17(25)19(3,4)26)13(23)9-12(16(15)27-11-18)22-28-20(5,6)21(7,8)29-22/h9,26H,10-11H2,1-8H3. The van der Waals surface area contributed by atoms with Gasteiger partial charge in [0.15, 0.2) is 5.82 Å². The number of aromatic nitrogens is 2. The predicted octanol–water partition coefficient (Wildman–Crippen LogP) is 3.12. The molecule has 0 aliphatic carbocycles. The Hall–Kier alpha value is -1.64. The summed E-state index contributed by atoms with van der Waals surface area (Å²) in [7, 11) is -0.760. The highest BCUT2D eigenvalue weighted by Gasteiger charge is 2.53. The van der Waals surface area contributed by atoms with Gasteiger partial charge < -0.3 is 23.7 Å². The maximum Gasteiger partial charge on any atom is 0.498 e. The molecule has 2 aliphatic rings. The maximum absolute atomic E-state index is 15.2. The molecule has 0 saturated carbocycles. The van der Waals surface area contributed by atoms with Crippen LogP contribution in [0, 0.1) is 11.2 Å². The zero-order valence-corrected chi connectivity index (χ0v) is 18.5. The number of rotatable bonds is 2. The SMILES string of the molecule is CC1(C)COc2c(B3OC(C)(C)C(C)(C)O3)cc(F)c3nc(C(C)(C)O)n(c23)C1. The van der Waals surface area contributed by atoms with Crippen LogP contribution < -0.4 is 10.2 Å².